The number of halogens is 5. The van der Waals surface area contributed by atoms with Gasteiger partial charge in [0.25, 0.3) is 11.8 Å². The molecule has 1 heterocycles. The van der Waals surface area contributed by atoms with Crippen molar-refractivity contribution in [3.8, 4) is 16.9 Å². The molecule has 35 heavy (non-hydrogen) atoms. The Hall–Kier alpha value is -3.82. The third kappa shape index (κ3) is 5.16. The highest BCUT2D eigenvalue weighted by atomic mass is 35.5. The summed E-state index contributed by atoms with van der Waals surface area (Å²) in [4.78, 5) is 24.4. The molecule has 6 nitrogen and oxygen atoms in total. The number of anilines is 1. The van der Waals surface area contributed by atoms with Crippen molar-refractivity contribution in [3.63, 3.8) is 0 Å². The molecule has 0 saturated carbocycles. The summed E-state index contributed by atoms with van der Waals surface area (Å²) in [6.07, 6.45) is -4.67. The van der Waals surface area contributed by atoms with Crippen molar-refractivity contribution in [2.45, 2.75) is 6.18 Å². The van der Waals surface area contributed by atoms with E-state index in [0.29, 0.717) is 5.56 Å². The van der Waals surface area contributed by atoms with Crippen LogP contribution in [0.1, 0.15) is 26.4 Å². The summed E-state index contributed by atoms with van der Waals surface area (Å²) in [7, 11) is 0. The predicted molar refractivity (Wildman–Crippen MR) is 127 cm³/mol. The fourth-order valence-electron chi connectivity index (χ4n) is 3.35. The zero-order valence-electron chi connectivity index (χ0n) is 17.6. The monoisotopic (exact) mass is 518 g/mol. The van der Waals surface area contributed by atoms with Gasteiger partial charge in [0.05, 0.1) is 27.7 Å². The molecule has 2 amide bonds. The summed E-state index contributed by atoms with van der Waals surface area (Å²) in [5.41, 5.74) is 5.42. The number of carbonyl (C=O) groups is 2. The molecule has 0 unspecified atom stereocenters. The fourth-order valence-corrected chi connectivity index (χ4v) is 3.74. The lowest BCUT2D eigenvalue weighted by Gasteiger charge is -2.11. The molecule has 0 radical (unpaired) electrons. The SMILES string of the molecule is NC(=O)c1cc(Cl)ccc1NC(=O)c1ccc(-c2cc(C(F)(F)F)nn2-c2ccccc2Cl)cc1. The van der Waals surface area contributed by atoms with Crippen LogP contribution < -0.4 is 11.1 Å². The largest absolute Gasteiger partial charge is 0.435 e. The molecule has 0 fully saturated rings. The quantitative estimate of drug-likeness (QED) is 0.328. The summed E-state index contributed by atoms with van der Waals surface area (Å²) < 4.78 is 41.3. The maximum Gasteiger partial charge on any atom is 0.435 e. The molecule has 1 aromatic heterocycles. The van der Waals surface area contributed by atoms with E-state index in [9.17, 15) is 22.8 Å². The first-order valence-electron chi connectivity index (χ1n) is 9.98. The van der Waals surface area contributed by atoms with Crippen molar-refractivity contribution >= 4 is 40.7 Å². The molecular formula is C24H15Cl2F3N4O2. The van der Waals surface area contributed by atoms with Crippen LogP contribution in [0.5, 0.6) is 0 Å². The van der Waals surface area contributed by atoms with Gasteiger partial charge in [-0.3, -0.25) is 9.59 Å². The molecule has 0 atom stereocenters. The fraction of sp³-hybridized carbons (Fsp3) is 0.0417. The van der Waals surface area contributed by atoms with Gasteiger partial charge in [-0.05, 0) is 48.5 Å². The number of amides is 2. The van der Waals surface area contributed by atoms with Gasteiger partial charge in [-0.1, -0.05) is 47.5 Å². The minimum absolute atomic E-state index is 0.0331. The number of benzene rings is 3. The van der Waals surface area contributed by atoms with Crippen molar-refractivity contribution in [1.29, 1.82) is 0 Å². The number of aromatic nitrogens is 2. The zero-order valence-corrected chi connectivity index (χ0v) is 19.1. The molecule has 0 aliphatic rings. The van der Waals surface area contributed by atoms with Crippen LogP contribution in [0.3, 0.4) is 0 Å². The third-order valence-electron chi connectivity index (χ3n) is 5.02. The van der Waals surface area contributed by atoms with Gasteiger partial charge in [0, 0.05) is 16.1 Å². The van der Waals surface area contributed by atoms with Gasteiger partial charge in [-0.25, -0.2) is 4.68 Å². The Morgan fingerprint density at radius 1 is 0.943 bits per heavy atom. The molecule has 4 rings (SSSR count). The van der Waals surface area contributed by atoms with Gasteiger partial charge in [-0.15, -0.1) is 0 Å². The Bertz CT molecular complexity index is 1430. The summed E-state index contributed by atoms with van der Waals surface area (Å²) in [5.74, 6) is -1.33. The molecule has 3 N–H and O–H groups in total. The lowest BCUT2D eigenvalue weighted by Crippen LogP contribution is -2.18. The molecule has 178 valence electrons. The van der Waals surface area contributed by atoms with Crippen LogP contribution in [0, 0.1) is 0 Å². The first-order valence-corrected chi connectivity index (χ1v) is 10.7. The van der Waals surface area contributed by atoms with Crippen LogP contribution in [-0.4, -0.2) is 21.6 Å². The summed E-state index contributed by atoms with van der Waals surface area (Å²) in [5, 5.41) is 6.78. The average Bonchev–Trinajstić information content (AvgIpc) is 3.26. The van der Waals surface area contributed by atoms with Gasteiger partial charge >= 0.3 is 6.18 Å². The zero-order chi connectivity index (χ0) is 25.3. The Labute approximate surface area is 207 Å². The van der Waals surface area contributed by atoms with E-state index in [-0.39, 0.29) is 38.2 Å². The lowest BCUT2D eigenvalue weighted by molar-refractivity contribution is -0.141. The normalized spacial score (nSPS) is 11.3. The van der Waals surface area contributed by atoms with Crippen LogP contribution in [0.15, 0.2) is 72.8 Å². The van der Waals surface area contributed by atoms with Crippen LogP contribution in [-0.2, 0) is 6.18 Å². The number of carbonyl (C=O) groups excluding carboxylic acids is 2. The van der Waals surface area contributed by atoms with E-state index >= 15 is 0 Å². The Morgan fingerprint density at radius 2 is 1.63 bits per heavy atom. The summed E-state index contributed by atoms with van der Waals surface area (Å²) in [6, 6.07) is 17.4. The third-order valence-corrected chi connectivity index (χ3v) is 5.57. The van der Waals surface area contributed by atoms with E-state index < -0.39 is 23.7 Å². The van der Waals surface area contributed by atoms with Crippen LogP contribution >= 0.6 is 23.2 Å². The number of hydrogen-bond acceptors (Lipinski definition) is 3. The van der Waals surface area contributed by atoms with Crippen LogP contribution in [0.4, 0.5) is 18.9 Å². The number of rotatable bonds is 5. The van der Waals surface area contributed by atoms with Crippen LogP contribution in [0.25, 0.3) is 16.9 Å². The van der Waals surface area contributed by atoms with E-state index in [2.05, 4.69) is 10.4 Å². The first kappa shape index (κ1) is 24.3. The number of nitrogens with one attached hydrogen (secondary N) is 1. The number of alkyl halides is 3. The smallest absolute Gasteiger partial charge is 0.366 e. The number of nitrogens with two attached hydrogens (primary N) is 1. The second kappa shape index (κ2) is 9.44. The van der Waals surface area contributed by atoms with E-state index in [1.807, 2.05) is 0 Å². The first-order chi connectivity index (χ1) is 16.5. The highest BCUT2D eigenvalue weighted by molar-refractivity contribution is 6.32. The Kier molecular flexibility index (Phi) is 6.56. The van der Waals surface area contributed by atoms with Crippen molar-refractivity contribution in [2.24, 2.45) is 5.73 Å². The lowest BCUT2D eigenvalue weighted by atomic mass is 10.1. The Morgan fingerprint density at radius 3 is 2.26 bits per heavy atom. The predicted octanol–water partition coefficient (Wildman–Crippen LogP) is 6.22. The molecule has 3 aromatic carbocycles. The Balaban J connectivity index is 1.68. The van der Waals surface area contributed by atoms with Crippen molar-refractivity contribution in [2.75, 3.05) is 5.32 Å². The molecule has 0 aliphatic heterocycles. The van der Waals surface area contributed by atoms with E-state index in [0.717, 1.165) is 10.7 Å². The maximum absolute atomic E-state index is 13.4. The number of hydrogen-bond donors (Lipinski definition) is 2. The topological polar surface area (TPSA) is 90.0 Å². The van der Waals surface area contributed by atoms with Gasteiger partial charge in [0.1, 0.15) is 0 Å². The van der Waals surface area contributed by atoms with E-state index in [1.165, 1.54) is 42.5 Å². The molecule has 0 aliphatic carbocycles. The van der Waals surface area contributed by atoms with Gasteiger partial charge in [0.15, 0.2) is 5.69 Å². The molecule has 0 spiro atoms. The molecular weight excluding hydrogens is 504 g/mol. The molecule has 0 bridgehead atoms. The van der Waals surface area contributed by atoms with Crippen molar-refractivity contribution in [1.82, 2.24) is 9.78 Å². The minimum atomic E-state index is -4.67. The second-order valence-electron chi connectivity index (χ2n) is 7.36. The average molecular weight is 519 g/mol. The summed E-state index contributed by atoms with van der Waals surface area (Å²) >= 11 is 12.1. The molecule has 0 saturated heterocycles. The van der Waals surface area contributed by atoms with E-state index in [1.54, 1.807) is 24.3 Å². The van der Waals surface area contributed by atoms with Crippen LogP contribution in [0.2, 0.25) is 10.0 Å². The van der Waals surface area contributed by atoms with Gasteiger partial charge in [0.2, 0.25) is 0 Å². The van der Waals surface area contributed by atoms with Gasteiger partial charge in [-0.2, -0.15) is 18.3 Å². The van der Waals surface area contributed by atoms with Crippen molar-refractivity contribution < 1.29 is 22.8 Å². The van der Waals surface area contributed by atoms with E-state index in [4.69, 9.17) is 28.9 Å². The second-order valence-corrected chi connectivity index (χ2v) is 8.21. The number of para-hydroxylation sites is 1. The van der Waals surface area contributed by atoms with Crippen molar-refractivity contribution in [3.05, 3.63) is 99.7 Å². The highest BCUT2D eigenvalue weighted by Crippen LogP contribution is 2.34. The standard InChI is InChI=1S/C24H15Cl2F3N4O2/c25-15-9-10-18(16(11-15)22(30)34)31-23(35)14-7-5-13(6-8-14)20-12-21(24(27,28)29)32-33(20)19-4-2-1-3-17(19)26/h1-12H,(H2,30,34)(H,31,35). The van der Waals surface area contributed by atoms with Gasteiger partial charge < -0.3 is 11.1 Å². The number of primary amides is 1. The number of nitrogens with zero attached hydrogens (tertiary/aromatic N) is 2. The summed E-state index contributed by atoms with van der Waals surface area (Å²) in [6.45, 7) is 0. The minimum Gasteiger partial charge on any atom is -0.366 e. The maximum atomic E-state index is 13.4. The highest BCUT2D eigenvalue weighted by Gasteiger charge is 2.35. The molecule has 11 heteroatoms. The molecule has 4 aromatic rings.